The molecule has 1 aliphatic heterocycles. The second-order valence-electron chi connectivity index (χ2n) is 7.08. The molecule has 0 N–H and O–H groups in total. The normalized spacial score (nSPS) is 18.0. The largest absolute Gasteiger partial charge is 0.496 e. The van der Waals surface area contributed by atoms with Crippen molar-refractivity contribution in [1.82, 2.24) is 4.98 Å². The fraction of sp³-hybridized carbons (Fsp3) is 0.333. The van der Waals surface area contributed by atoms with Crippen LogP contribution >= 0.6 is 23.2 Å². The zero-order chi connectivity index (χ0) is 19.1. The molecule has 1 aromatic carbocycles. The first-order valence-electron chi connectivity index (χ1n) is 8.06. The molecule has 2 aromatic rings. The number of nitrogens with zero attached hydrogens (tertiary/aromatic N) is 1. The summed E-state index contributed by atoms with van der Waals surface area (Å²) in [6.07, 6.45) is 2.24. The van der Waals surface area contributed by atoms with Gasteiger partial charge in [0.2, 0.25) is 5.88 Å². The maximum Gasteiger partial charge on any atom is 0.496 e. The molecule has 26 heavy (non-hydrogen) atoms. The Bertz CT molecular complexity index is 821. The first-order valence-corrected chi connectivity index (χ1v) is 8.81. The van der Waals surface area contributed by atoms with Gasteiger partial charge < -0.3 is 14.0 Å². The van der Waals surface area contributed by atoms with E-state index in [-0.39, 0.29) is 11.4 Å². The number of hydrogen-bond acceptors (Lipinski definition) is 5. The lowest BCUT2D eigenvalue weighted by molar-refractivity contribution is 0.00578. The Kier molecular flexibility index (Phi) is 5.05. The molecule has 0 spiro atoms. The number of aromatic nitrogens is 1. The number of ether oxygens (including phenoxy) is 1. The summed E-state index contributed by atoms with van der Waals surface area (Å²) in [5.41, 5.74) is -0.0483. The lowest BCUT2D eigenvalue weighted by atomic mass is 9.80. The van der Waals surface area contributed by atoms with Gasteiger partial charge in [-0.15, -0.1) is 0 Å². The van der Waals surface area contributed by atoms with Gasteiger partial charge in [-0.25, -0.2) is 4.98 Å². The molecule has 2 heterocycles. The lowest BCUT2D eigenvalue weighted by Gasteiger charge is -2.32. The van der Waals surface area contributed by atoms with Gasteiger partial charge in [-0.05, 0) is 52.0 Å². The van der Waals surface area contributed by atoms with E-state index in [2.05, 4.69) is 4.98 Å². The molecule has 1 aliphatic rings. The average Bonchev–Trinajstić information content (AvgIpc) is 2.74. The van der Waals surface area contributed by atoms with Gasteiger partial charge in [0.15, 0.2) is 6.29 Å². The summed E-state index contributed by atoms with van der Waals surface area (Å²) in [5, 5.41) is 0.850. The predicted molar refractivity (Wildman–Crippen MR) is 102 cm³/mol. The summed E-state index contributed by atoms with van der Waals surface area (Å²) < 4.78 is 17.6. The van der Waals surface area contributed by atoms with Crippen LogP contribution in [0.25, 0.3) is 0 Å². The van der Waals surface area contributed by atoms with E-state index in [1.807, 2.05) is 27.7 Å². The number of carbonyl (C=O) groups excluding carboxylic acids is 1. The fourth-order valence-electron chi connectivity index (χ4n) is 2.46. The number of benzene rings is 1. The first-order chi connectivity index (χ1) is 12.1. The number of carbonyl (C=O) groups is 1. The quantitative estimate of drug-likeness (QED) is 0.572. The standard InChI is InChI=1S/C18H18BCl2NO4/c1-17(2)18(3,4)26-19(25-17)12-5-11(10-23)16(22-9-12)24-15-7-13(20)6-14(21)8-15/h5-10H,1-4H3. The molecule has 0 radical (unpaired) electrons. The summed E-state index contributed by atoms with van der Waals surface area (Å²) in [6.45, 7) is 7.84. The number of aldehydes is 1. The third kappa shape index (κ3) is 3.74. The summed E-state index contributed by atoms with van der Waals surface area (Å²) in [6, 6.07) is 6.41. The predicted octanol–water partition coefficient (Wildman–Crippen LogP) is 4.29. The Balaban J connectivity index is 1.88. The Labute approximate surface area is 162 Å². The van der Waals surface area contributed by atoms with E-state index in [9.17, 15) is 4.79 Å². The number of halogens is 2. The maximum absolute atomic E-state index is 11.5. The van der Waals surface area contributed by atoms with Crippen LogP contribution in [0.1, 0.15) is 38.1 Å². The Morgan fingerprint density at radius 1 is 1.04 bits per heavy atom. The van der Waals surface area contributed by atoms with Crippen LogP contribution in [0, 0.1) is 0 Å². The van der Waals surface area contributed by atoms with Crippen molar-refractivity contribution in [2.24, 2.45) is 0 Å². The van der Waals surface area contributed by atoms with Crippen LogP contribution in [0.5, 0.6) is 11.6 Å². The van der Waals surface area contributed by atoms with Gasteiger partial charge in [-0.2, -0.15) is 0 Å². The van der Waals surface area contributed by atoms with E-state index in [0.29, 0.717) is 27.5 Å². The third-order valence-electron chi connectivity index (χ3n) is 4.60. The van der Waals surface area contributed by atoms with Gasteiger partial charge in [0.25, 0.3) is 0 Å². The molecule has 1 saturated heterocycles. The summed E-state index contributed by atoms with van der Waals surface area (Å²) in [5.74, 6) is 0.542. The van der Waals surface area contributed by atoms with Gasteiger partial charge in [0.1, 0.15) is 5.75 Å². The van der Waals surface area contributed by atoms with Crippen LogP contribution in [0.4, 0.5) is 0 Å². The minimum atomic E-state index is -0.610. The van der Waals surface area contributed by atoms with Crippen LogP contribution in [-0.4, -0.2) is 29.6 Å². The first kappa shape index (κ1) is 19.2. The van der Waals surface area contributed by atoms with Gasteiger partial charge in [-0.3, -0.25) is 4.79 Å². The zero-order valence-electron chi connectivity index (χ0n) is 14.9. The molecule has 1 fully saturated rings. The van der Waals surface area contributed by atoms with Crippen LogP contribution < -0.4 is 10.2 Å². The van der Waals surface area contributed by atoms with Crippen molar-refractivity contribution in [2.45, 2.75) is 38.9 Å². The van der Waals surface area contributed by atoms with Crippen molar-refractivity contribution in [3.8, 4) is 11.6 Å². The van der Waals surface area contributed by atoms with Crippen LogP contribution in [0.15, 0.2) is 30.5 Å². The topological polar surface area (TPSA) is 57.7 Å². The van der Waals surface area contributed by atoms with E-state index in [1.165, 1.54) is 0 Å². The summed E-state index contributed by atoms with van der Waals surface area (Å²) in [7, 11) is -0.610. The van der Waals surface area contributed by atoms with Crippen molar-refractivity contribution >= 4 is 42.1 Å². The zero-order valence-corrected chi connectivity index (χ0v) is 16.4. The molecule has 0 bridgehead atoms. The van der Waals surface area contributed by atoms with Crippen molar-refractivity contribution in [1.29, 1.82) is 0 Å². The Morgan fingerprint density at radius 2 is 1.62 bits per heavy atom. The van der Waals surface area contributed by atoms with Crippen molar-refractivity contribution < 1.29 is 18.8 Å². The average molecular weight is 394 g/mol. The molecule has 5 nitrogen and oxygen atoms in total. The van der Waals surface area contributed by atoms with Gasteiger partial charge in [-0.1, -0.05) is 23.2 Å². The lowest BCUT2D eigenvalue weighted by Crippen LogP contribution is -2.41. The molecule has 3 rings (SSSR count). The van der Waals surface area contributed by atoms with E-state index in [4.69, 9.17) is 37.2 Å². The highest BCUT2D eigenvalue weighted by Gasteiger charge is 2.51. The van der Waals surface area contributed by atoms with E-state index >= 15 is 0 Å². The smallest absolute Gasteiger partial charge is 0.438 e. The van der Waals surface area contributed by atoms with E-state index in [1.54, 1.807) is 30.5 Å². The highest BCUT2D eigenvalue weighted by molar-refractivity contribution is 6.62. The van der Waals surface area contributed by atoms with Crippen LogP contribution in [-0.2, 0) is 9.31 Å². The van der Waals surface area contributed by atoms with Gasteiger partial charge in [0, 0.05) is 21.7 Å². The molecule has 0 amide bonds. The van der Waals surface area contributed by atoms with Crippen molar-refractivity contribution in [3.63, 3.8) is 0 Å². The molecule has 1 aromatic heterocycles. The number of pyridine rings is 1. The highest BCUT2D eigenvalue weighted by Crippen LogP contribution is 2.36. The van der Waals surface area contributed by atoms with Crippen LogP contribution in [0.2, 0.25) is 10.0 Å². The maximum atomic E-state index is 11.5. The van der Waals surface area contributed by atoms with Crippen molar-refractivity contribution in [3.05, 3.63) is 46.1 Å². The molecule has 0 atom stereocenters. The van der Waals surface area contributed by atoms with E-state index in [0.717, 1.165) is 0 Å². The van der Waals surface area contributed by atoms with Crippen LogP contribution in [0.3, 0.4) is 0 Å². The molecular formula is C18H18BCl2NO4. The van der Waals surface area contributed by atoms with Crippen molar-refractivity contribution in [2.75, 3.05) is 0 Å². The summed E-state index contributed by atoms with van der Waals surface area (Å²) >= 11 is 11.9. The fourth-order valence-corrected chi connectivity index (χ4v) is 2.97. The van der Waals surface area contributed by atoms with Gasteiger partial charge >= 0.3 is 7.12 Å². The molecule has 0 aliphatic carbocycles. The van der Waals surface area contributed by atoms with E-state index < -0.39 is 18.3 Å². The second-order valence-corrected chi connectivity index (χ2v) is 7.95. The number of rotatable bonds is 4. The molecular weight excluding hydrogens is 376 g/mol. The third-order valence-corrected chi connectivity index (χ3v) is 5.04. The second kappa shape index (κ2) is 6.85. The minimum absolute atomic E-state index is 0.151. The molecule has 8 heteroatoms. The molecule has 0 saturated carbocycles. The van der Waals surface area contributed by atoms with Gasteiger partial charge in [0.05, 0.1) is 16.8 Å². The Hall–Kier alpha value is -1.60. The SMILES string of the molecule is CC1(C)OB(c2cnc(Oc3cc(Cl)cc(Cl)c3)c(C=O)c2)OC1(C)C. The molecule has 136 valence electrons. The minimum Gasteiger partial charge on any atom is -0.438 e. The monoisotopic (exact) mass is 393 g/mol. The highest BCUT2D eigenvalue weighted by atomic mass is 35.5. The number of hydrogen-bond donors (Lipinski definition) is 0. The molecule has 0 unspecified atom stereocenters. The Morgan fingerprint density at radius 3 is 2.15 bits per heavy atom. The summed E-state index contributed by atoms with van der Waals surface area (Å²) in [4.78, 5) is 15.8.